The Balaban J connectivity index is 0.000000171. The number of rotatable bonds is 8. The molecule has 0 bridgehead atoms. The summed E-state index contributed by atoms with van der Waals surface area (Å²) in [6.45, 7) is 0. The zero-order chi connectivity index (χ0) is 30.5. The van der Waals surface area contributed by atoms with Crippen LogP contribution in [0.15, 0.2) is 83.4 Å². The topological polar surface area (TPSA) is 120 Å². The average Bonchev–Trinajstić information content (AvgIpc) is 3.67. The molecule has 2 aromatic carbocycles. The van der Waals surface area contributed by atoms with Gasteiger partial charge < -0.3 is 23.5 Å². The van der Waals surface area contributed by atoms with Gasteiger partial charge in [0.25, 0.3) is 0 Å². The lowest BCUT2D eigenvalue weighted by Crippen LogP contribution is -2.08. The fourth-order valence-electron chi connectivity index (χ4n) is 4.43. The van der Waals surface area contributed by atoms with Gasteiger partial charge in [-0.25, -0.2) is 14.0 Å². The van der Waals surface area contributed by atoms with E-state index in [1.54, 1.807) is 45.4 Å². The molecule has 6 aromatic rings. The molecule has 0 aliphatic carbocycles. The fourth-order valence-corrected chi connectivity index (χ4v) is 5.15. The molecule has 0 saturated heterocycles. The van der Waals surface area contributed by atoms with Crippen LogP contribution in [0.2, 0.25) is 0 Å². The third-order valence-electron chi connectivity index (χ3n) is 6.56. The van der Waals surface area contributed by atoms with Gasteiger partial charge in [-0.15, -0.1) is 5.10 Å². The minimum Gasteiger partial charge on any atom is -0.609 e. The van der Waals surface area contributed by atoms with E-state index in [9.17, 15) is 4.55 Å². The molecule has 4 heterocycles. The number of thioether (sulfide) groups is 1. The lowest BCUT2D eigenvalue weighted by Gasteiger charge is -2.10. The highest BCUT2D eigenvalue weighted by Gasteiger charge is 2.16. The molecule has 13 heteroatoms. The van der Waals surface area contributed by atoms with Crippen LogP contribution in [0.25, 0.3) is 33.5 Å². The van der Waals surface area contributed by atoms with Gasteiger partial charge in [0.2, 0.25) is 5.16 Å². The van der Waals surface area contributed by atoms with E-state index >= 15 is 0 Å². The third-order valence-corrected chi connectivity index (χ3v) is 7.82. The van der Waals surface area contributed by atoms with Crippen molar-refractivity contribution in [1.82, 2.24) is 29.2 Å². The van der Waals surface area contributed by atoms with Crippen LogP contribution in [0.1, 0.15) is 0 Å². The summed E-state index contributed by atoms with van der Waals surface area (Å²) in [5, 5.41) is 9.90. The second kappa shape index (κ2) is 13.2. The van der Waals surface area contributed by atoms with Crippen molar-refractivity contribution in [1.29, 1.82) is 0 Å². The summed E-state index contributed by atoms with van der Waals surface area (Å²) in [7, 11) is 6.50. The normalized spacial score (nSPS) is 11.6. The highest BCUT2D eigenvalue weighted by atomic mass is 32.2. The second-order valence-corrected chi connectivity index (χ2v) is 11.0. The van der Waals surface area contributed by atoms with Crippen LogP contribution in [-0.2, 0) is 11.2 Å². The van der Waals surface area contributed by atoms with Crippen LogP contribution < -0.4 is 18.9 Å². The molecule has 222 valence electrons. The molecule has 4 aromatic heterocycles. The van der Waals surface area contributed by atoms with Gasteiger partial charge in [0, 0.05) is 34.4 Å². The number of hydrogen-bond donors (Lipinski definition) is 0. The SMILES string of the molecule is COc1ccc(-c2ccc3cnc(SC)nn23)c(OC)c1.COc1ccc(-c2ccc3cnc([S+](C)[O-])nn23)c(OC)c1. The van der Waals surface area contributed by atoms with E-state index in [0.717, 1.165) is 50.2 Å². The molecule has 0 N–H and O–H groups in total. The van der Waals surface area contributed by atoms with Crippen molar-refractivity contribution in [2.24, 2.45) is 0 Å². The first-order valence-electron chi connectivity index (χ1n) is 12.9. The van der Waals surface area contributed by atoms with Crippen LogP contribution in [0, 0.1) is 0 Å². The Morgan fingerprint density at radius 3 is 1.65 bits per heavy atom. The molecule has 0 fully saturated rings. The van der Waals surface area contributed by atoms with Crippen LogP contribution in [0.5, 0.6) is 23.0 Å². The van der Waals surface area contributed by atoms with Gasteiger partial charge >= 0.3 is 5.16 Å². The molecule has 6 rings (SSSR count). The van der Waals surface area contributed by atoms with Crippen molar-refractivity contribution in [2.45, 2.75) is 10.3 Å². The molecule has 0 aliphatic heterocycles. The summed E-state index contributed by atoms with van der Waals surface area (Å²) in [5.74, 6) is 2.90. The maximum absolute atomic E-state index is 11.6. The first-order chi connectivity index (χ1) is 20.9. The number of methoxy groups -OCH3 is 4. The predicted molar refractivity (Wildman–Crippen MR) is 167 cm³/mol. The Bertz CT molecular complexity index is 1870. The zero-order valence-electron chi connectivity index (χ0n) is 24.5. The third kappa shape index (κ3) is 6.19. The molecule has 11 nitrogen and oxygen atoms in total. The van der Waals surface area contributed by atoms with Gasteiger partial charge in [-0.3, -0.25) is 0 Å². The molecule has 0 aliphatic rings. The number of fused-ring (bicyclic) bond motifs is 2. The number of ether oxygens (including phenoxy) is 4. The van der Waals surface area contributed by atoms with Crippen LogP contribution in [0.3, 0.4) is 0 Å². The Morgan fingerprint density at radius 1 is 0.674 bits per heavy atom. The monoisotopic (exact) mass is 618 g/mol. The Labute approximate surface area is 256 Å². The van der Waals surface area contributed by atoms with E-state index in [4.69, 9.17) is 18.9 Å². The van der Waals surface area contributed by atoms with Crippen LogP contribution in [-0.4, -0.2) is 74.7 Å². The highest BCUT2D eigenvalue weighted by Crippen LogP contribution is 2.35. The Hall–Kier alpha value is -4.46. The molecule has 0 spiro atoms. The summed E-state index contributed by atoms with van der Waals surface area (Å²) >= 11 is 0.272. The largest absolute Gasteiger partial charge is 0.609 e. The lowest BCUT2D eigenvalue weighted by atomic mass is 10.1. The first kappa shape index (κ1) is 30.0. The highest BCUT2D eigenvalue weighted by molar-refractivity contribution is 7.98. The van der Waals surface area contributed by atoms with Crippen molar-refractivity contribution >= 4 is 34.0 Å². The van der Waals surface area contributed by atoms with Crippen molar-refractivity contribution in [3.63, 3.8) is 0 Å². The summed E-state index contributed by atoms with van der Waals surface area (Å²) in [6, 6.07) is 19.2. The van der Waals surface area contributed by atoms with E-state index in [-0.39, 0.29) is 5.16 Å². The van der Waals surface area contributed by atoms with Gasteiger partial charge in [-0.2, -0.15) is 4.98 Å². The molecule has 1 atom stereocenters. The molecular formula is C30H30N6O5S2. The molecular weight excluding hydrogens is 589 g/mol. The summed E-state index contributed by atoms with van der Waals surface area (Å²) < 4.78 is 36.6. The van der Waals surface area contributed by atoms with Crippen molar-refractivity contribution in [3.05, 3.63) is 73.1 Å². The quantitative estimate of drug-likeness (QED) is 0.164. The van der Waals surface area contributed by atoms with Crippen LogP contribution in [0.4, 0.5) is 0 Å². The van der Waals surface area contributed by atoms with Gasteiger partial charge in [-0.05, 0) is 54.8 Å². The smallest absolute Gasteiger partial charge is 0.359 e. The van der Waals surface area contributed by atoms with E-state index < -0.39 is 11.2 Å². The van der Waals surface area contributed by atoms with E-state index in [1.807, 2.05) is 77.6 Å². The van der Waals surface area contributed by atoms with Gasteiger partial charge in [-0.1, -0.05) is 16.9 Å². The Kier molecular flexibility index (Phi) is 9.24. The van der Waals surface area contributed by atoms with Gasteiger partial charge in [0.1, 0.15) is 29.3 Å². The molecule has 0 radical (unpaired) electrons. The van der Waals surface area contributed by atoms with Crippen molar-refractivity contribution < 1.29 is 23.5 Å². The summed E-state index contributed by atoms with van der Waals surface area (Å²) in [6.07, 6.45) is 6.98. The minimum atomic E-state index is -1.24. The standard InChI is InChI=1S/C15H15N3O3S.C15H15N3O2S/c1-20-11-5-6-12(14(8-11)21-2)13-7-4-10-9-16-15(22(3)19)17-18(10)13;1-19-11-5-6-12(14(8-11)20-2)13-7-4-10-9-16-15(21-3)17-18(10)13/h4-9H,1-3H3;4-9H,1-3H3. The van der Waals surface area contributed by atoms with Crippen molar-refractivity contribution in [2.75, 3.05) is 41.0 Å². The van der Waals surface area contributed by atoms with Gasteiger partial charge in [0.15, 0.2) is 0 Å². The lowest BCUT2D eigenvalue weighted by molar-refractivity contribution is 0.395. The molecule has 1 unspecified atom stereocenters. The Morgan fingerprint density at radius 2 is 1.19 bits per heavy atom. The van der Waals surface area contributed by atoms with Crippen molar-refractivity contribution in [3.8, 4) is 45.5 Å². The summed E-state index contributed by atoms with van der Waals surface area (Å²) in [5.41, 5.74) is 5.40. The van der Waals surface area contributed by atoms with E-state index in [0.29, 0.717) is 11.5 Å². The number of benzene rings is 2. The van der Waals surface area contributed by atoms with Gasteiger partial charge in [0.05, 0.1) is 63.3 Å². The van der Waals surface area contributed by atoms with Crippen LogP contribution >= 0.6 is 11.8 Å². The number of hydrogen-bond acceptors (Lipinski definition) is 10. The van der Waals surface area contributed by atoms with E-state index in [1.165, 1.54) is 11.8 Å². The summed E-state index contributed by atoms with van der Waals surface area (Å²) in [4.78, 5) is 8.38. The van der Waals surface area contributed by atoms with E-state index in [2.05, 4.69) is 20.2 Å². The number of aromatic nitrogens is 6. The second-order valence-electron chi connectivity index (χ2n) is 8.98. The molecule has 0 amide bonds. The predicted octanol–water partition coefficient (Wildman–Crippen LogP) is 5.29. The number of nitrogens with zero attached hydrogens (tertiary/aromatic N) is 6. The maximum Gasteiger partial charge on any atom is 0.359 e. The molecule has 43 heavy (non-hydrogen) atoms. The fraction of sp³-hybridized carbons (Fsp3) is 0.200. The maximum atomic E-state index is 11.6. The minimum absolute atomic E-state index is 0.289. The zero-order valence-corrected chi connectivity index (χ0v) is 26.1. The first-order valence-corrected chi connectivity index (χ1v) is 15.7. The molecule has 0 saturated carbocycles. The average molecular weight is 619 g/mol.